The van der Waals surface area contributed by atoms with Crippen LogP contribution in [0.1, 0.15) is 23.6 Å². The molecule has 66 heavy (non-hydrogen) atoms. The lowest BCUT2D eigenvalue weighted by Crippen LogP contribution is -2.27. The van der Waals surface area contributed by atoms with Gasteiger partial charge in [0.15, 0.2) is 0 Å². The van der Waals surface area contributed by atoms with Gasteiger partial charge in [-0.15, -0.1) is 0 Å². The molecule has 0 saturated heterocycles. The average molecular weight is 867 g/mol. The van der Waals surface area contributed by atoms with Gasteiger partial charge < -0.3 is 39.4 Å². The number of benzene rings is 10. The van der Waals surface area contributed by atoms with Gasteiger partial charge in [-0.3, -0.25) is 0 Å². The lowest BCUT2D eigenvalue weighted by molar-refractivity contribution is 0.448. The summed E-state index contributed by atoms with van der Waals surface area (Å²) in [5, 5.41) is 43.8. The van der Waals surface area contributed by atoms with Crippen molar-refractivity contribution in [2.75, 3.05) is 0 Å². The normalized spacial score (nSPS) is 11.3. The van der Waals surface area contributed by atoms with Crippen LogP contribution in [-0.4, -0.2) is 20.4 Å². The molecule has 322 valence electrons. The molecule has 0 bridgehead atoms. The summed E-state index contributed by atoms with van der Waals surface area (Å²) in [6, 6.07) is 65.1. The molecule has 0 unspecified atom stereocenters. The molecule has 0 aromatic heterocycles. The third kappa shape index (κ3) is 8.34. The molecule has 0 aliphatic heterocycles. The quantitative estimate of drug-likeness (QED) is 0.0897. The molecule has 0 aliphatic carbocycles. The smallest absolute Gasteiger partial charge is 0.132 e. The maximum absolute atomic E-state index is 10.2. The van der Waals surface area contributed by atoms with Crippen molar-refractivity contribution in [1.82, 2.24) is 0 Å². The molecule has 0 aliphatic rings. The van der Waals surface area contributed by atoms with Crippen LogP contribution < -0.4 is 18.9 Å². The van der Waals surface area contributed by atoms with Crippen LogP contribution >= 0.6 is 0 Å². The number of aromatic hydroxyl groups is 4. The molecule has 10 rings (SSSR count). The van der Waals surface area contributed by atoms with Crippen LogP contribution in [0, 0.1) is 0 Å². The Morgan fingerprint density at radius 3 is 1.06 bits per heavy atom. The largest absolute Gasteiger partial charge is 0.508 e. The minimum absolute atomic E-state index is 0.117. The second-order valence-electron chi connectivity index (χ2n) is 16.1. The zero-order valence-corrected chi connectivity index (χ0v) is 35.6. The fourth-order valence-electron chi connectivity index (χ4n) is 8.53. The molecule has 10 aromatic carbocycles. The minimum atomic E-state index is -1.06. The van der Waals surface area contributed by atoms with Gasteiger partial charge in [0.05, 0.1) is 5.41 Å². The van der Waals surface area contributed by atoms with Crippen LogP contribution in [-0.2, 0) is 5.41 Å². The first-order valence-electron chi connectivity index (χ1n) is 21.3. The predicted octanol–water partition coefficient (Wildman–Crippen LogP) is 15.0. The zero-order chi connectivity index (χ0) is 45.2. The molecule has 8 heteroatoms. The molecule has 0 atom stereocenters. The summed E-state index contributed by atoms with van der Waals surface area (Å²) in [5.74, 6) is 5.05. The fraction of sp³-hybridized carbons (Fsp3) is 0.0345. The van der Waals surface area contributed by atoms with E-state index in [2.05, 4.69) is 43.3 Å². The van der Waals surface area contributed by atoms with E-state index in [1.165, 1.54) is 0 Å². The monoisotopic (exact) mass is 866 g/mol. The van der Waals surface area contributed by atoms with Gasteiger partial charge in [0, 0.05) is 11.1 Å². The molecular formula is C58H42O8. The lowest BCUT2D eigenvalue weighted by atomic mass is 9.67. The van der Waals surface area contributed by atoms with Crippen molar-refractivity contribution >= 4 is 21.5 Å². The van der Waals surface area contributed by atoms with Gasteiger partial charge in [0.25, 0.3) is 0 Å². The van der Waals surface area contributed by atoms with Crippen molar-refractivity contribution < 1.29 is 39.4 Å². The second kappa shape index (κ2) is 17.4. The number of ether oxygens (including phenoxy) is 4. The highest BCUT2D eigenvalue weighted by Crippen LogP contribution is 2.53. The van der Waals surface area contributed by atoms with Crippen molar-refractivity contribution in [3.05, 3.63) is 229 Å². The summed E-state index contributed by atoms with van der Waals surface area (Å²) in [7, 11) is 0. The van der Waals surface area contributed by atoms with Crippen LogP contribution in [0.25, 0.3) is 32.7 Å². The van der Waals surface area contributed by atoms with E-state index in [1.807, 2.05) is 78.9 Å². The number of phenols is 4. The van der Waals surface area contributed by atoms with E-state index < -0.39 is 5.41 Å². The molecular weight excluding hydrogens is 825 g/mol. The SMILES string of the molecule is CC(c1ccc(-c2ccccc2)cc1)(c1c(Oc2ccc(O)cc2)ccc2cc(Oc3ccc(O)cc3)ccc12)c1c(Oc2ccc(O)cc2)ccc2cc(Oc3ccc(O)cc3)ccc12. The standard InChI is InChI=1S/C58H42O8/c1-58(41-11-7-38(8-12-41)37-5-3-2-4-6-37,56-52-31-29-50(63-46-21-13-42(59)14-22-46)35-39(52)9-33-54(56)65-48-25-17-44(61)18-26-48)57-53-32-30-51(64-47-23-15-43(60)16-24-47)36-40(53)10-34-55(57)66-49-27-19-45(62)20-28-49/h2-36,59-62H,1H3. The van der Waals surface area contributed by atoms with E-state index in [0.29, 0.717) is 46.0 Å². The van der Waals surface area contributed by atoms with Crippen molar-refractivity contribution in [3.63, 3.8) is 0 Å². The van der Waals surface area contributed by atoms with Crippen molar-refractivity contribution in [3.8, 4) is 80.1 Å². The highest BCUT2D eigenvalue weighted by atomic mass is 16.5. The number of rotatable bonds is 12. The van der Waals surface area contributed by atoms with Gasteiger partial charge in [0.2, 0.25) is 0 Å². The summed E-state index contributed by atoms with van der Waals surface area (Å²) in [4.78, 5) is 0. The molecule has 0 radical (unpaired) electrons. The number of hydrogen-bond donors (Lipinski definition) is 4. The first-order chi connectivity index (χ1) is 32.2. The molecule has 0 spiro atoms. The van der Waals surface area contributed by atoms with Gasteiger partial charge in [0.1, 0.15) is 69.0 Å². The molecule has 4 N–H and O–H groups in total. The molecule has 0 amide bonds. The van der Waals surface area contributed by atoms with Crippen LogP contribution in [0.4, 0.5) is 0 Å². The molecule has 10 aromatic rings. The van der Waals surface area contributed by atoms with Crippen LogP contribution in [0.3, 0.4) is 0 Å². The highest BCUT2D eigenvalue weighted by molar-refractivity contribution is 5.96. The molecule has 0 fully saturated rings. The van der Waals surface area contributed by atoms with Crippen LogP contribution in [0.2, 0.25) is 0 Å². The van der Waals surface area contributed by atoms with Crippen molar-refractivity contribution in [2.45, 2.75) is 12.3 Å². The van der Waals surface area contributed by atoms with Gasteiger partial charge in [-0.2, -0.15) is 0 Å². The predicted molar refractivity (Wildman–Crippen MR) is 258 cm³/mol. The molecule has 0 saturated carbocycles. The van der Waals surface area contributed by atoms with E-state index in [0.717, 1.165) is 49.4 Å². The summed E-state index contributed by atoms with van der Waals surface area (Å²) in [5.41, 5.74) is 3.64. The van der Waals surface area contributed by atoms with E-state index in [9.17, 15) is 20.4 Å². The van der Waals surface area contributed by atoms with Crippen molar-refractivity contribution in [1.29, 1.82) is 0 Å². The number of phenolic OH excluding ortho intramolecular Hbond substituents is 4. The summed E-state index contributed by atoms with van der Waals surface area (Å²) in [6.45, 7) is 2.18. The second-order valence-corrected chi connectivity index (χ2v) is 16.1. The third-order valence-electron chi connectivity index (χ3n) is 11.7. The average Bonchev–Trinajstić information content (AvgIpc) is 3.34. The Kier molecular flexibility index (Phi) is 10.8. The first-order valence-corrected chi connectivity index (χ1v) is 21.3. The Hall–Kier alpha value is -8.88. The van der Waals surface area contributed by atoms with E-state index in [-0.39, 0.29) is 23.0 Å². The summed E-state index contributed by atoms with van der Waals surface area (Å²) >= 11 is 0. The Morgan fingerprint density at radius 1 is 0.318 bits per heavy atom. The zero-order valence-electron chi connectivity index (χ0n) is 35.6. The highest BCUT2D eigenvalue weighted by Gasteiger charge is 2.40. The maximum Gasteiger partial charge on any atom is 0.132 e. The van der Waals surface area contributed by atoms with Gasteiger partial charge in [-0.25, -0.2) is 0 Å². The van der Waals surface area contributed by atoms with Gasteiger partial charge in [-0.05, 0) is 179 Å². The Balaban J connectivity index is 1.25. The van der Waals surface area contributed by atoms with Crippen molar-refractivity contribution in [2.24, 2.45) is 0 Å². The summed E-state index contributed by atoms with van der Waals surface area (Å²) < 4.78 is 26.4. The third-order valence-corrected chi connectivity index (χ3v) is 11.7. The minimum Gasteiger partial charge on any atom is -0.508 e. The van der Waals surface area contributed by atoms with E-state index >= 15 is 0 Å². The van der Waals surface area contributed by atoms with Gasteiger partial charge >= 0.3 is 0 Å². The van der Waals surface area contributed by atoms with Crippen LogP contribution in [0.15, 0.2) is 212 Å². The maximum atomic E-state index is 10.2. The molecule has 8 nitrogen and oxygen atoms in total. The topological polar surface area (TPSA) is 118 Å². The number of fused-ring (bicyclic) bond motifs is 2. The Labute approximate surface area is 381 Å². The Morgan fingerprint density at radius 2 is 0.667 bits per heavy atom. The summed E-state index contributed by atoms with van der Waals surface area (Å²) in [6.07, 6.45) is 0. The van der Waals surface area contributed by atoms with Gasteiger partial charge in [-0.1, -0.05) is 78.9 Å². The molecule has 0 heterocycles. The number of hydrogen-bond acceptors (Lipinski definition) is 8. The van der Waals surface area contributed by atoms with E-state index in [1.54, 1.807) is 97.1 Å². The van der Waals surface area contributed by atoms with E-state index in [4.69, 9.17) is 18.9 Å². The lowest BCUT2D eigenvalue weighted by Gasteiger charge is -2.36. The van der Waals surface area contributed by atoms with Crippen LogP contribution in [0.5, 0.6) is 69.0 Å². The fourth-order valence-corrected chi connectivity index (χ4v) is 8.53. The Bertz CT molecular complexity index is 3130. The first kappa shape index (κ1) is 41.1.